The second kappa shape index (κ2) is 9.66. The molecule has 0 spiro atoms. The van der Waals surface area contributed by atoms with Gasteiger partial charge in [-0.25, -0.2) is 0 Å². The van der Waals surface area contributed by atoms with Gasteiger partial charge < -0.3 is 19.5 Å². The number of esters is 1. The fraction of sp³-hybridized carbons (Fsp3) is 0.310. The second-order valence-corrected chi connectivity index (χ2v) is 9.33. The van der Waals surface area contributed by atoms with E-state index in [1.165, 1.54) is 7.11 Å². The monoisotopic (exact) mass is 486 g/mol. The highest BCUT2D eigenvalue weighted by Crippen LogP contribution is 2.43. The van der Waals surface area contributed by atoms with Crippen LogP contribution < -0.4 is 9.64 Å². The maximum atomic E-state index is 13.2. The number of aromatic hydroxyl groups is 1. The van der Waals surface area contributed by atoms with Gasteiger partial charge in [0.05, 0.1) is 12.8 Å². The highest BCUT2D eigenvalue weighted by atomic mass is 16.5. The molecule has 1 amide bonds. The maximum Gasteiger partial charge on any atom is 0.323 e. The van der Waals surface area contributed by atoms with Gasteiger partial charge in [-0.3, -0.25) is 14.5 Å². The standard InChI is InChI=1S/C29H30N2O5/c1-4-23(18-8-6-5-7-9-18)31-17-21-16-26-24(14-20(21)15-25(31)29(34)35-3)30(2)28(33)27(36-26)19-10-12-22(32)13-11-19/h5-14,16,23,25,27,32H,4,15,17H2,1-3H3/t23-,25-,27-/m0/s1. The number of ether oxygens (including phenoxy) is 2. The summed E-state index contributed by atoms with van der Waals surface area (Å²) in [4.78, 5) is 29.9. The first-order valence-corrected chi connectivity index (χ1v) is 12.2. The largest absolute Gasteiger partial charge is 0.508 e. The van der Waals surface area contributed by atoms with Gasteiger partial charge in [-0.15, -0.1) is 0 Å². The van der Waals surface area contributed by atoms with Crippen molar-refractivity contribution in [3.8, 4) is 11.5 Å². The van der Waals surface area contributed by atoms with Crippen LogP contribution in [0.2, 0.25) is 0 Å². The van der Waals surface area contributed by atoms with Gasteiger partial charge in [0.2, 0.25) is 6.10 Å². The van der Waals surface area contributed by atoms with E-state index in [-0.39, 0.29) is 23.7 Å². The van der Waals surface area contributed by atoms with Gasteiger partial charge >= 0.3 is 5.97 Å². The van der Waals surface area contributed by atoms with Crippen molar-refractivity contribution >= 4 is 17.6 Å². The smallest absolute Gasteiger partial charge is 0.323 e. The Morgan fingerprint density at radius 2 is 1.83 bits per heavy atom. The summed E-state index contributed by atoms with van der Waals surface area (Å²) in [5.74, 6) is 0.304. The van der Waals surface area contributed by atoms with Gasteiger partial charge in [-0.2, -0.15) is 0 Å². The number of phenolic OH excluding ortho intramolecular Hbond substituents is 1. The van der Waals surface area contributed by atoms with Gasteiger partial charge in [-0.1, -0.05) is 49.4 Å². The van der Waals surface area contributed by atoms with Gasteiger partial charge in [-0.05, 0) is 53.8 Å². The molecule has 1 N–H and O–H groups in total. The van der Waals surface area contributed by atoms with Gasteiger partial charge in [0, 0.05) is 25.2 Å². The number of amides is 1. The number of nitrogens with zero attached hydrogens (tertiary/aromatic N) is 2. The van der Waals surface area contributed by atoms with E-state index in [1.54, 1.807) is 36.2 Å². The van der Waals surface area contributed by atoms with Crippen molar-refractivity contribution in [3.05, 3.63) is 89.0 Å². The van der Waals surface area contributed by atoms with E-state index < -0.39 is 12.1 Å². The zero-order chi connectivity index (χ0) is 25.4. The van der Waals surface area contributed by atoms with Crippen LogP contribution in [0.4, 0.5) is 5.69 Å². The Bertz CT molecular complexity index is 1270. The van der Waals surface area contributed by atoms with Crippen LogP contribution in [0.25, 0.3) is 0 Å². The molecular weight excluding hydrogens is 456 g/mol. The van der Waals surface area contributed by atoms with Crippen LogP contribution >= 0.6 is 0 Å². The molecule has 2 heterocycles. The Balaban J connectivity index is 1.53. The third-order valence-electron chi connectivity index (χ3n) is 7.25. The van der Waals surface area contributed by atoms with E-state index in [9.17, 15) is 14.7 Å². The first-order chi connectivity index (χ1) is 17.4. The van der Waals surface area contributed by atoms with E-state index in [0.717, 1.165) is 23.1 Å². The zero-order valence-corrected chi connectivity index (χ0v) is 20.7. The number of benzene rings is 3. The minimum absolute atomic E-state index is 0.0504. The van der Waals surface area contributed by atoms with Crippen LogP contribution in [0.1, 0.15) is 47.7 Å². The number of carbonyl (C=O) groups is 2. The van der Waals surface area contributed by atoms with E-state index in [0.29, 0.717) is 30.0 Å². The Kier molecular flexibility index (Phi) is 6.41. The molecule has 7 heteroatoms. The molecule has 0 aliphatic carbocycles. The Morgan fingerprint density at radius 1 is 1.11 bits per heavy atom. The number of hydrogen-bond donors (Lipinski definition) is 1. The highest BCUT2D eigenvalue weighted by molar-refractivity contribution is 6.00. The summed E-state index contributed by atoms with van der Waals surface area (Å²) < 4.78 is 11.4. The average Bonchev–Trinajstić information content (AvgIpc) is 2.90. The lowest BCUT2D eigenvalue weighted by Gasteiger charge is -2.41. The van der Waals surface area contributed by atoms with Crippen LogP contribution in [0.3, 0.4) is 0 Å². The first-order valence-electron chi connectivity index (χ1n) is 12.2. The Hall–Kier alpha value is -3.84. The van der Waals surface area contributed by atoms with Crippen LogP contribution in [-0.2, 0) is 27.3 Å². The molecule has 36 heavy (non-hydrogen) atoms. The lowest BCUT2D eigenvalue weighted by Crippen LogP contribution is -2.48. The van der Waals surface area contributed by atoms with E-state index in [4.69, 9.17) is 9.47 Å². The van der Waals surface area contributed by atoms with Crippen molar-refractivity contribution in [3.63, 3.8) is 0 Å². The molecule has 2 aliphatic heterocycles. The molecule has 0 aromatic heterocycles. The van der Waals surface area contributed by atoms with Crippen molar-refractivity contribution in [2.24, 2.45) is 0 Å². The number of fused-ring (bicyclic) bond motifs is 2. The van der Waals surface area contributed by atoms with Crippen LogP contribution in [0.15, 0.2) is 66.7 Å². The number of phenols is 1. The molecule has 3 atom stereocenters. The topological polar surface area (TPSA) is 79.3 Å². The molecule has 7 nitrogen and oxygen atoms in total. The molecule has 0 radical (unpaired) electrons. The molecular formula is C29H30N2O5. The normalized spacial score (nSPS) is 20.2. The number of rotatable bonds is 5. The summed E-state index contributed by atoms with van der Waals surface area (Å²) in [6.07, 6.45) is 0.535. The summed E-state index contributed by atoms with van der Waals surface area (Å²) in [6, 6.07) is 20.3. The number of hydrogen-bond acceptors (Lipinski definition) is 6. The van der Waals surface area contributed by atoms with Gasteiger partial charge in [0.15, 0.2) is 0 Å². The number of carbonyl (C=O) groups excluding carboxylic acids is 2. The highest BCUT2D eigenvalue weighted by Gasteiger charge is 2.39. The van der Waals surface area contributed by atoms with Gasteiger partial charge in [0.25, 0.3) is 5.91 Å². The minimum Gasteiger partial charge on any atom is -0.508 e. The zero-order valence-electron chi connectivity index (χ0n) is 20.7. The summed E-state index contributed by atoms with van der Waals surface area (Å²) in [6.45, 7) is 2.68. The van der Waals surface area contributed by atoms with E-state index in [2.05, 4.69) is 24.0 Å². The van der Waals surface area contributed by atoms with Crippen LogP contribution in [0, 0.1) is 0 Å². The molecule has 0 fully saturated rings. The molecule has 3 aromatic carbocycles. The quantitative estimate of drug-likeness (QED) is 0.534. The molecule has 0 bridgehead atoms. The molecule has 5 rings (SSSR count). The van der Waals surface area contributed by atoms with Crippen LogP contribution in [-0.4, -0.2) is 42.1 Å². The first kappa shape index (κ1) is 23.9. The summed E-state index contributed by atoms with van der Waals surface area (Å²) in [5.41, 5.74) is 4.59. The van der Waals surface area contributed by atoms with Crippen molar-refractivity contribution < 1.29 is 24.2 Å². The fourth-order valence-electron chi connectivity index (χ4n) is 5.33. The predicted octanol–water partition coefficient (Wildman–Crippen LogP) is 4.54. The van der Waals surface area contributed by atoms with Crippen LogP contribution in [0.5, 0.6) is 11.5 Å². The van der Waals surface area contributed by atoms with E-state index in [1.807, 2.05) is 30.3 Å². The number of likely N-dealkylation sites (N-methyl/N-ethyl adjacent to an activating group) is 1. The molecule has 3 aromatic rings. The SMILES string of the molecule is CC[C@@H](c1ccccc1)N1Cc2cc3c(cc2C[C@H]1C(=O)OC)N(C)C(=O)[C@H](c1ccc(O)cc1)O3. The summed E-state index contributed by atoms with van der Waals surface area (Å²) >= 11 is 0. The fourth-order valence-corrected chi connectivity index (χ4v) is 5.33. The van der Waals surface area contributed by atoms with Gasteiger partial charge in [0.1, 0.15) is 17.5 Å². The van der Waals surface area contributed by atoms with Crippen molar-refractivity contribution in [1.29, 1.82) is 0 Å². The molecule has 186 valence electrons. The third kappa shape index (κ3) is 4.20. The number of methoxy groups -OCH3 is 1. The third-order valence-corrected chi connectivity index (χ3v) is 7.25. The Morgan fingerprint density at radius 3 is 2.50 bits per heavy atom. The van der Waals surface area contributed by atoms with E-state index >= 15 is 0 Å². The predicted molar refractivity (Wildman–Crippen MR) is 136 cm³/mol. The summed E-state index contributed by atoms with van der Waals surface area (Å²) in [5, 5.41) is 9.64. The lowest BCUT2D eigenvalue weighted by molar-refractivity contribution is -0.149. The minimum atomic E-state index is -0.795. The molecule has 0 saturated heterocycles. The van der Waals surface area contributed by atoms with Crippen molar-refractivity contribution in [2.75, 3.05) is 19.1 Å². The van der Waals surface area contributed by atoms with Crippen molar-refractivity contribution in [1.82, 2.24) is 4.90 Å². The lowest BCUT2D eigenvalue weighted by atomic mass is 9.89. The molecule has 0 saturated carbocycles. The van der Waals surface area contributed by atoms with Crippen molar-refractivity contribution in [2.45, 2.75) is 44.5 Å². The maximum absolute atomic E-state index is 13.2. The average molecular weight is 487 g/mol. The second-order valence-electron chi connectivity index (χ2n) is 9.33. The Labute approximate surface area is 210 Å². The molecule has 0 unspecified atom stereocenters. The molecule has 2 aliphatic rings. The number of anilines is 1. The summed E-state index contributed by atoms with van der Waals surface area (Å²) in [7, 11) is 3.16.